The maximum atomic E-state index is 12.7. The molecule has 1 unspecified atom stereocenters. The first kappa shape index (κ1) is 19.2. The monoisotopic (exact) mass is 331 g/mol. The van der Waals surface area contributed by atoms with Crippen molar-refractivity contribution in [2.24, 2.45) is 11.7 Å². The summed E-state index contributed by atoms with van der Waals surface area (Å²) >= 11 is 0. The van der Waals surface area contributed by atoms with Crippen LogP contribution in [-0.2, 0) is 9.59 Å². The Morgan fingerprint density at radius 2 is 1.91 bits per heavy atom. The zero-order valence-corrected chi connectivity index (χ0v) is 14.4. The van der Waals surface area contributed by atoms with Crippen LogP contribution in [0.2, 0.25) is 0 Å². The number of nitrogens with one attached hydrogen (secondary N) is 1. The Kier molecular flexibility index (Phi) is 7.63. The average Bonchev–Trinajstić information content (AvgIpc) is 2.52. The van der Waals surface area contributed by atoms with Crippen molar-refractivity contribution >= 4 is 24.2 Å². The van der Waals surface area contributed by atoms with Crippen LogP contribution in [0.25, 0.3) is 0 Å². The molecule has 2 rings (SSSR count). The van der Waals surface area contributed by atoms with Crippen molar-refractivity contribution in [3.8, 4) is 0 Å². The summed E-state index contributed by atoms with van der Waals surface area (Å²) in [6, 6.07) is 0. The molecular weight excluding hydrogens is 302 g/mol. The van der Waals surface area contributed by atoms with E-state index in [9.17, 15) is 9.59 Å². The van der Waals surface area contributed by atoms with Crippen molar-refractivity contribution in [2.75, 3.05) is 19.6 Å². The molecule has 5 nitrogen and oxygen atoms in total. The highest BCUT2D eigenvalue weighted by molar-refractivity contribution is 5.87. The van der Waals surface area contributed by atoms with Crippen LogP contribution in [0.1, 0.15) is 58.3 Å². The SMILES string of the molecule is CCCNC(=O)C1CCCN(C(=O)C2(N)CCCCC2)C1.Cl. The Morgan fingerprint density at radius 3 is 2.55 bits per heavy atom. The highest BCUT2D eigenvalue weighted by atomic mass is 35.5. The summed E-state index contributed by atoms with van der Waals surface area (Å²) in [5.74, 6) is 0.0840. The minimum atomic E-state index is -0.681. The number of halogens is 1. The van der Waals surface area contributed by atoms with Crippen LogP contribution in [0.15, 0.2) is 0 Å². The predicted octanol–water partition coefficient (Wildman–Crippen LogP) is 1.83. The second kappa shape index (κ2) is 8.73. The Morgan fingerprint density at radius 1 is 1.23 bits per heavy atom. The standard InChI is InChI=1S/C16H29N3O2.ClH/c1-2-10-18-14(20)13-7-6-11-19(12-13)15(21)16(17)8-4-3-5-9-16;/h13H,2-12,17H2,1H3,(H,18,20);1H. The van der Waals surface area contributed by atoms with Gasteiger partial charge in [0, 0.05) is 19.6 Å². The fraction of sp³-hybridized carbons (Fsp3) is 0.875. The van der Waals surface area contributed by atoms with Crippen molar-refractivity contribution in [2.45, 2.75) is 63.8 Å². The van der Waals surface area contributed by atoms with Gasteiger partial charge in [0.1, 0.15) is 0 Å². The van der Waals surface area contributed by atoms with Crippen molar-refractivity contribution in [1.29, 1.82) is 0 Å². The highest BCUT2D eigenvalue weighted by Crippen LogP contribution is 2.29. The average molecular weight is 332 g/mol. The van der Waals surface area contributed by atoms with Gasteiger partial charge in [0.2, 0.25) is 11.8 Å². The van der Waals surface area contributed by atoms with Gasteiger partial charge in [0.05, 0.1) is 11.5 Å². The van der Waals surface area contributed by atoms with Crippen molar-refractivity contribution in [3.63, 3.8) is 0 Å². The van der Waals surface area contributed by atoms with E-state index in [1.54, 1.807) is 0 Å². The molecule has 6 heteroatoms. The van der Waals surface area contributed by atoms with Gasteiger partial charge in [-0.05, 0) is 32.1 Å². The number of nitrogens with zero attached hydrogens (tertiary/aromatic N) is 1. The quantitative estimate of drug-likeness (QED) is 0.825. The molecule has 0 aromatic rings. The molecule has 2 fully saturated rings. The first-order chi connectivity index (χ1) is 10.1. The van der Waals surface area contributed by atoms with Crippen LogP contribution in [0.3, 0.4) is 0 Å². The lowest BCUT2D eigenvalue weighted by Gasteiger charge is -2.40. The summed E-state index contributed by atoms with van der Waals surface area (Å²) in [6.07, 6.45) is 7.53. The molecule has 0 spiro atoms. The van der Waals surface area contributed by atoms with E-state index in [-0.39, 0.29) is 30.1 Å². The third-order valence-electron chi connectivity index (χ3n) is 4.80. The van der Waals surface area contributed by atoms with Crippen LogP contribution in [-0.4, -0.2) is 41.9 Å². The number of hydrogen-bond donors (Lipinski definition) is 2. The Hall–Kier alpha value is -0.810. The zero-order chi connectivity index (χ0) is 15.3. The van der Waals surface area contributed by atoms with Crippen LogP contribution in [0.4, 0.5) is 0 Å². The summed E-state index contributed by atoms with van der Waals surface area (Å²) in [4.78, 5) is 26.7. The molecule has 1 saturated heterocycles. The molecule has 22 heavy (non-hydrogen) atoms. The van der Waals surface area contributed by atoms with Gasteiger partial charge in [0.25, 0.3) is 0 Å². The lowest BCUT2D eigenvalue weighted by atomic mass is 9.81. The number of amides is 2. The molecule has 1 aliphatic heterocycles. The number of nitrogens with two attached hydrogens (primary N) is 1. The fourth-order valence-electron chi connectivity index (χ4n) is 3.48. The van der Waals surface area contributed by atoms with E-state index >= 15 is 0 Å². The first-order valence-electron chi connectivity index (χ1n) is 8.43. The van der Waals surface area contributed by atoms with Gasteiger partial charge < -0.3 is 16.0 Å². The maximum absolute atomic E-state index is 12.7. The van der Waals surface area contributed by atoms with Crippen molar-refractivity contribution in [3.05, 3.63) is 0 Å². The largest absolute Gasteiger partial charge is 0.356 e. The Balaban J connectivity index is 0.00000242. The number of rotatable bonds is 4. The number of piperidine rings is 1. The van der Waals surface area contributed by atoms with Gasteiger partial charge >= 0.3 is 0 Å². The lowest BCUT2D eigenvalue weighted by Crippen LogP contribution is -2.58. The molecule has 0 radical (unpaired) electrons. The van der Waals surface area contributed by atoms with Crippen LogP contribution in [0.5, 0.6) is 0 Å². The Labute approximate surface area is 139 Å². The smallest absolute Gasteiger partial charge is 0.242 e. The van der Waals surface area contributed by atoms with Crippen LogP contribution in [0, 0.1) is 5.92 Å². The van der Waals surface area contributed by atoms with Gasteiger partial charge in [-0.2, -0.15) is 0 Å². The van der Waals surface area contributed by atoms with E-state index in [1.165, 1.54) is 6.42 Å². The molecule has 1 heterocycles. The fourth-order valence-corrected chi connectivity index (χ4v) is 3.48. The van der Waals surface area contributed by atoms with Gasteiger partial charge in [-0.1, -0.05) is 26.2 Å². The maximum Gasteiger partial charge on any atom is 0.242 e. The van der Waals surface area contributed by atoms with Crippen molar-refractivity contribution < 1.29 is 9.59 Å². The third-order valence-corrected chi connectivity index (χ3v) is 4.80. The summed E-state index contributed by atoms with van der Waals surface area (Å²) in [5, 5.41) is 2.94. The topological polar surface area (TPSA) is 75.4 Å². The molecule has 2 amide bonds. The molecular formula is C16H30ClN3O2. The molecule has 0 bridgehead atoms. The van der Waals surface area contributed by atoms with E-state index in [2.05, 4.69) is 5.32 Å². The number of hydrogen-bond acceptors (Lipinski definition) is 3. The second-order valence-corrected chi connectivity index (χ2v) is 6.60. The summed E-state index contributed by atoms with van der Waals surface area (Å²) in [6.45, 7) is 4.03. The minimum absolute atomic E-state index is 0. The molecule has 0 aromatic heterocycles. The predicted molar refractivity (Wildman–Crippen MR) is 89.9 cm³/mol. The van der Waals surface area contributed by atoms with E-state index in [0.29, 0.717) is 13.1 Å². The normalized spacial score (nSPS) is 24.3. The highest BCUT2D eigenvalue weighted by Gasteiger charge is 2.40. The molecule has 0 aromatic carbocycles. The Bertz CT molecular complexity index is 384. The molecule has 1 atom stereocenters. The van der Waals surface area contributed by atoms with E-state index in [1.807, 2.05) is 11.8 Å². The summed E-state index contributed by atoms with van der Waals surface area (Å²) in [7, 11) is 0. The van der Waals surface area contributed by atoms with Gasteiger partial charge in [0.15, 0.2) is 0 Å². The molecule has 2 aliphatic rings. The minimum Gasteiger partial charge on any atom is -0.356 e. The van der Waals surface area contributed by atoms with E-state index in [4.69, 9.17) is 5.73 Å². The lowest BCUT2D eigenvalue weighted by molar-refractivity contribution is -0.141. The number of carbonyl (C=O) groups excluding carboxylic acids is 2. The van der Waals surface area contributed by atoms with Gasteiger partial charge in [-0.3, -0.25) is 9.59 Å². The van der Waals surface area contributed by atoms with Crippen LogP contribution < -0.4 is 11.1 Å². The molecule has 1 aliphatic carbocycles. The second-order valence-electron chi connectivity index (χ2n) is 6.60. The van der Waals surface area contributed by atoms with Gasteiger partial charge in [-0.15, -0.1) is 12.4 Å². The van der Waals surface area contributed by atoms with Crippen LogP contribution >= 0.6 is 12.4 Å². The summed E-state index contributed by atoms with van der Waals surface area (Å²) < 4.78 is 0. The molecule has 1 saturated carbocycles. The zero-order valence-electron chi connectivity index (χ0n) is 13.6. The number of carbonyl (C=O) groups is 2. The third kappa shape index (κ3) is 4.59. The molecule has 3 N–H and O–H groups in total. The molecule has 128 valence electrons. The van der Waals surface area contributed by atoms with Gasteiger partial charge in [-0.25, -0.2) is 0 Å². The van der Waals surface area contributed by atoms with Crippen molar-refractivity contribution in [1.82, 2.24) is 10.2 Å². The van der Waals surface area contributed by atoms with E-state index in [0.717, 1.165) is 51.5 Å². The van der Waals surface area contributed by atoms with E-state index < -0.39 is 5.54 Å². The summed E-state index contributed by atoms with van der Waals surface area (Å²) in [5.41, 5.74) is 5.66. The first-order valence-corrected chi connectivity index (χ1v) is 8.43. The number of likely N-dealkylation sites (tertiary alicyclic amines) is 1.